The molecule has 0 atom stereocenters. The summed E-state index contributed by atoms with van der Waals surface area (Å²) in [5.41, 5.74) is -0.376. The lowest BCUT2D eigenvalue weighted by Crippen LogP contribution is -2.31. The van der Waals surface area contributed by atoms with Gasteiger partial charge in [-0.25, -0.2) is 17.9 Å². The van der Waals surface area contributed by atoms with Gasteiger partial charge in [0, 0.05) is 24.6 Å². The number of carbonyl (C=O) groups is 1. The van der Waals surface area contributed by atoms with Crippen molar-refractivity contribution in [2.45, 2.75) is 17.7 Å². The van der Waals surface area contributed by atoms with E-state index in [1.165, 1.54) is 0 Å². The standard InChI is InChI=1S/C10H12BrNO6S/c11-8-7(3-6(18-8)9(14)15)19(16,17)12-4-10(5-13)1-2-10/h3,12-13H,1-2,4-5H2,(H,14,15). The van der Waals surface area contributed by atoms with Gasteiger partial charge in [0.25, 0.3) is 0 Å². The Morgan fingerprint density at radius 3 is 2.58 bits per heavy atom. The van der Waals surface area contributed by atoms with E-state index in [2.05, 4.69) is 20.7 Å². The van der Waals surface area contributed by atoms with Crippen LogP contribution in [0, 0.1) is 5.41 Å². The molecule has 1 heterocycles. The third-order valence-corrected chi connectivity index (χ3v) is 5.34. The lowest BCUT2D eigenvalue weighted by atomic mass is 10.1. The summed E-state index contributed by atoms with van der Waals surface area (Å²) in [5, 5.41) is 17.8. The van der Waals surface area contributed by atoms with Gasteiger partial charge in [0.15, 0.2) is 4.67 Å². The van der Waals surface area contributed by atoms with Crippen LogP contribution in [0.2, 0.25) is 0 Å². The number of halogens is 1. The monoisotopic (exact) mass is 353 g/mol. The van der Waals surface area contributed by atoms with E-state index in [0.29, 0.717) is 0 Å². The number of nitrogens with one attached hydrogen (secondary N) is 1. The highest BCUT2D eigenvalue weighted by Gasteiger charge is 2.43. The Kier molecular flexibility index (Phi) is 3.74. The third kappa shape index (κ3) is 2.99. The van der Waals surface area contributed by atoms with E-state index >= 15 is 0 Å². The van der Waals surface area contributed by atoms with Gasteiger partial charge >= 0.3 is 5.97 Å². The number of aliphatic hydroxyl groups is 1. The Labute approximate surface area is 117 Å². The molecule has 9 heteroatoms. The van der Waals surface area contributed by atoms with Crippen molar-refractivity contribution in [2.75, 3.05) is 13.2 Å². The van der Waals surface area contributed by atoms with Crippen LogP contribution in [-0.4, -0.2) is 37.8 Å². The smallest absolute Gasteiger partial charge is 0.371 e. The molecule has 1 aliphatic rings. The van der Waals surface area contributed by atoms with E-state index in [1.54, 1.807) is 0 Å². The molecular formula is C10H12BrNO6S. The molecule has 1 aliphatic carbocycles. The van der Waals surface area contributed by atoms with Crippen molar-refractivity contribution in [1.29, 1.82) is 0 Å². The van der Waals surface area contributed by atoms with E-state index < -0.39 is 21.8 Å². The normalized spacial score (nSPS) is 17.4. The van der Waals surface area contributed by atoms with Crippen molar-refractivity contribution in [3.63, 3.8) is 0 Å². The number of furan rings is 1. The van der Waals surface area contributed by atoms with Crippen molar-refractivity contribution in [1.82, 2.24) is 4.72 Å². The van der Waals surface area contributed by atoms with Crippen molar-refractivity contribution in [2.24, 2.45) is 5.41 Å². The van der Waals surface area contributed by atoms with Gasteiger partial charge < -0.3 is 14.6 Å². The molecule has 0 saturated heterocycles. The topological polar surface area (TPSA) is 117 Å². The van der Waals surface area contributed by atoms with Gasteiger partial charge in [0.2, 0.25) is 15.8 Å². The van der Waals surface area contributed by atoms with Gasteiger partial charge in [-0.1, -0.05) is 0 Å². The lowest BCUT2D eigenvalue weighted by Gasteiger charge is -2.12. The van der Waals surface area contributed by atoms with Gasteiger partial charge in [-0.2, -0.15) is 0 Å². The summed E-state index contributed by atoms with van der Waals surface area (Å²) in [5.74, 6) is -1.81. The summed E-state index contributed by atoms with van der Waals surface area (Å²) in [6.45, 7) is 0.0360. The summed E-state index contributed by atoms with van der Waals surface area (Å²) in [6, 6.07) is 0.938. The maximum absolute atomic E-state index is 12.0. The van der Waals surface area contributed by atoms with Gasteiger partial charge in [-0.15, -0.1) is 0 Å². The predicted molar refractivity (Wildman–Crippen MR) is 67.3 cm³/mol. The number of aromatic carboxylic acids is 1. The van der Waals surface area contributed by atoms with E-state index in [9.17, 15) is 13.2 Å². The average Bonchev–Trinajstić information content (AvgIpc) is 3.02. The molecule has 0 amide bonds. The van der Waals surface area contributed by atoms with Crippen LogP contribution in [0.5, 0.6) is 0 Å². The SMILES string of the molecule is O=C(O)c1cc(S(=O)(=O)NCC2(CO)CC2)c(Br)o1. The highest BCUT2D eigenvalue weighted by Crippen LogP contribution is 2.44. The van der Waals surface area contributed by atoms with E-state index in [4.69, 9.17) is 14.6 Å². The molecule has 2 rings (SSSR count). The minimum Gasteiger partial charge on any atom is -0.475 e. The Balaban J connectivity index is 2.17. The Bertz CT molecular complexity index is 604. The quantitative estimate of drug-likeness (QED) is 0.695. The van der Waals surface area contributed by atoms with Crippen molar-refractivity contribution in [3.8, 4) is 0 Å². The molecule has 7 nitrogen and oxygen atoms in total. The number of rotatable bonds is 6. The first-order valence-electron chi connectivity index (χ1n) is 5.43. The van der Waals surface area contributed by atoms with Crippen molar-refractivity contribution in [3.05, 3.63) is 16.5 Å². The van der Waals surface area contributed by atoms with Crippen LogP contribution in [-0.2, 0) is 10.0 Å². The molecule has 0 unspecified atom stereocenters. The first-order chi connectivity index (χ1) is 8.80. The van der Waals surface area contributed by atoms with Crippen LogP contribution in [0.25, 0.3) is 0 Å². The van der Waals surface area contributed by atoms with E-state index in [1.807, 2.05) is 0 Å². The molecule has 3 N–H and O–H groups in total. The molecule has 1 fully saturated rings. The number of hydrogen-bond donors (Lipinski definition) is 3. The van der Waals surface area contributed by atoms with Crippen LogP contribution in [0.1, 0.15) is 23.4 Å². The predicted octanol–water partition coefficient (Wildman–Crippen LogP) is 0.791. The van der Waals surface area contributed by atoms with Gasteiger partial charge in [-0.3, -0.25) is 0 Å². The van der Waals surface area contributed by atoms with Crippen LogP contribution in [0.15, 0.2) is 20.0 Å². The lowest BCUT2D eigenvalue weighted by molar-refractivity contribution is 0.0661. The fourth-order valence-corrected chi connectivity index (χ4v) is 3.63. The maximum atomic E-state index is 12.0. The molecule has 106 valence electrons. The highest BCUT2D eigenvalue weighted by atomic mass is 79.9. The van der Waals surface area contributed by atoms with Gasteiger partial charge in [-0.05, 0) is 28.8 Å². The minimum atomic E-state index is -3.87. The molecule has 0 aliphatic heterocycles. The second kappa shape index (κ2) is 4.89. The number of carboxylic acid groups (broad SMARTS) is 1. The summed E-state index contributed by atoms with van der Waals surface area (Å²) < 4.78 is 31.0. The van der Waals surface area contributed by atoms with Crippen LogP contribution < -0.4 is 4.72 Å². The van der Waals surface area contributed by atoms with Gasteiger partial charge in [0.1, 0.15) is 4.90 Å². The molecule has 1 aromatic heterocycles. The second-order valence-electron chi connectivity index (χ2n) is 4.54. The molecule has 1 aromatic rings. The minimum absolute atomic E-state index is 0.0809. The fraction of sp³-hybridized carbons (Fsp3) is 0.500. The first-order valence-corrected chi connectivity index (χ1v) is 7.70. The number of aliphatic hydroxyl groups excluding tert-OH is 1. The summed E-state index contributed by atoms with van der Waals surface area (Å²) in [6.07, 6.45) is 1.53. The summed E-state index contributed by atoms with van der Waals surface area (Å²) in [7, 11) is -3.87. The van der Waals surface area contributed by atoms with E-state index in [-0.39, 0.29) is 28.1 Å². The van der Waals surface area contributed by atoms with E-state index in [0.717, 1.165) is 18.9 Å². The summed E-state index contributed by atoms with van der Waals surface area (Å²) >= 11 is 2.88. The Hall–Kier alpha value is -0.900. The second-order valence-corrected chi connectivity index (χ2v) is 6.99. The summed E-state index contributed by atoms with van der Waals surface area (Å²) in [4.78, 5) is 10.4. The molecular weight excluding hydrogens is 342 g/mol. The highest BCUT2D eigenvalue weighted by molar-refractivity contribution is 9.10. The zero-order valence-corrected chi connectivity index (χ0v) is 12.1. The average molecular weight is 354 g/mol. The molecule has 0 aromatic carbocycles. The number of hydrogen-bond acceptors (Lipinski definition) is 5. The number of sulfonamides is 1. The molecule has 0 spiro atoms. The molecule has 0 bridgehead atoms. The maximum Gasteiger partial charge on any atom is 0.371 e. The Morgan fingerprint density at radius 1 is 1.53 bits per heavy atom. The third-order valence-electron chi connectivity index (χ3n) is 3.09. The van der Waals surface area contributed by atoms with Crippen molar-refractivity contribution >= 4 is 31.9 Å². The molecule has 0 radical (unpaired) electrons. The first kappa shape index (κ1) is 14.5. The number of carboxylic acids is 1. The van der Waals surface area contributed by atoms with Crippen LogP contribution in [0.4, 0.5) is 0 Å². The van der Waals surface area contributed by atoms with Gasteiger partial charge in [0.05, 0.1) is 0 Å². The largest absolute Gasteiger partial charge is 0.475 e. The van der Waals surface area contributed by atoms with Crippen LogP contribution >= 0.6 is 15.9 Å². The Morgan fingerprint density at radius 2 is 2.16 bits per heavy atom. The zero-order chi connectivity index (χ0) is 14.3. The fourth-order valence-electron chi connectivity index (χ4n) is 1.53. The van der Waals surface area contributed by atoms with Crippen molar-refractivity contribution < 1.29 is 27.8 Å². The molecule has 19 heavy (non-hydrogen) atoms. The van der Waals surface area contributed by atoms with Crippen LogP contribution in [0.3, 0.4) is 0 Å². The zero-order valence-electron chi connectivity index (χ0n) is 9.72. The molecule has 1 saturated carbocycles.